The van der Waals surface area contributed by atoms with E-state index in [1.54, 1.807) is 0 Å². The van der Waals surface area contributed by atoms with Crippen LogP contribution in [0.25, 0.3) is 93.6 Å². The maximum atomic E-state index is 10.6. The zero-order valence-electron chi connectivity index (χ0n) is 29.5. The summed E-state index contributed by atoms with van der Waals surface area (Å²) in [6.07, 6.45) is 0. The summed E-state index contributed by atoms with van der Waals surface area (Å²) < 4.78 is 6.75. The molecular formula is C50H29N5. The molecule has 3 aromatic heterocycles. The molecule has 11 rings (SSSR count). The van der Waals surface area contributed by atoms with Crippen LogP contribution in [0.5, 0.6) is 0 Å². The first kappa shape index (κ1) is 30.7. The third-order valence-electron chi connectivity index (χ3n) is 11.1. The van der Waals surface area contributed by atoms with Crippen LogP contribution in [-0.4, -0.2) is 13.7 Å². The lowest BCUT2D eigenvalue weighted by atomic mass is 9.99. The molecule has 11 aromatic rings. The van der Waals surface area contributed by atoms with Crippen LogP contribution in [0, 0.1) is 22.7 Å². The molecule has 0 saturated heterocycles. The van der Waals surface area contributed by atoms with Gasteiger partial charge < -0.3 is 13.7 Å². The molecule has 0 bridgehead atoms. The first-order chi connectivity index (χ1) is 27.2. The largest absolute Gasteiger partial charge is 0.309 e. The van der Waals surface area contributed by atoms with Crippen molar-refractivity contribution < 1.29 is 0 Å². The number of para-hydroxylation sites is 5. The van der Waals surface area contributed by atoms with Crippen LogP contribution in [0.3, 0.4) is 0 Å². The van der Waals surface area contributed by atoms with Crippen molar-refractivity contribution in [2.75, 3.05) is 0 Å². The van der Waals surface area contributed by atoms with Gasteiger partial charge in [0.25, 0.3) is 0 Å². The number of nitrogens with zero attached hydrogens (tertiary/aromatic N) is 5. The van der Waals surface area contributed by atoms with Crippen molar-refractivity contribution >= 4 is 65.4 Å². The molecule has 0 fully saturated rings. The highest BCUT2D eigenvalue weighted by atomic mass is 15.0. The third kappa shape index (κ3) is 4.45. The number of hydrogen-bond acceptors (Lipinski definition) is 2. The lowest BCUT2D eigenvalue weighted by Crippen LogP contribution is -2.00. The second kappa shape index (κ2) is 11.8. The summed E-state index contributed by atoms with van der Waals surface area (Å²) >= 11 is 0. The fourth-order valence-electron chi connectivity index (χ4n) is 8.75. The highest BCUT2D eigenvalue weighted by Gasteiger charge is 2.20. The molecule has 0 spiro atoms. The summed E-state index contributed by atoms with van der Waals surface area (Å²) in [4.78, 5) is 0. The van der Waals surface area contributed by atoms with Gasteiger partial charge in [-0.05, 0) is 77.9 Å². The van der Waals surface area contributed by atoms with Crippen LogP contribution in [0.15, 0.2) is 176 Å². The second-order valence-corrected chi connectivity index (χ2v) is 14.0. The van der Waals surface area contributed by atoms with Gasteiger partial charge in [-0.15, -0.1) is 0 Å². The second-order valence-electron chi connectivity index (χ2n) is 14.0. The third-order valence-corrected chi connectivity index (χ3v) is 11.1. The van der Waals surface area contributed by atoms with E-state index in [1.807, 2.05) is 12.1 Å². The maximum Gasteiger partial charge on any atom is 0.101 e. The lowest BCUT2D eigenvalue weighted by molar-refractivity contribution is 1.15. The molecule has 0 aliphatic rings. The Balaban J connectivity index is 1.07. The Morgan fingerprint density at radius 3 is 1.24 bits per heavy atom. The van der Waals surface area contributed by atoms with E-state index in [4.69, 9.17) is 0 Å². The van der Waals surface area contributed by atoms with Crippen LogP contribution >= 0.6 is 0 Å². The number of benzene rings is 8. The minimum atomic E-state index is 0.615. The number of aromatic nitrogens is 3. The predicted molar refractivity (Wildman–Crippen MR) is 224 cm³/mol. The zero-order valence-corrected chi connectivity index (χ0v) is 29.5. The van der Waals surface area contributed by atoms with E-state index in [-0.39, 0.29) is 0 Å². The topological polar surface area (TPSA) is 62.4 Å². The van der Waals surface area contributed by atoms with E-state index in [0.717, 1.165) is 82.8 Å². The van der Waals surface area contributed by atoms with Crippen molar-refractivity contribution in [2.24, 2.45) is 0 Å². The van der Waals surface area contributed by atoms with Gasteiger partial charge in [-0.1, -0.05) is 109 Å². The molecule has 0 N–H and O–H groups in total. The van der Waals surface area contributed by atoms with Crippen molar-refractivity contribution in [1.29, 1.82) is 10.5 Å². The van der Waals surface area contributed by atoms with Gasteiger partial charge in [-0.25, -0.2) is 0 Å². The van der Waals surface area contributed by atoms with Crippen molar-refractivity contribution in [3.63, 3.8) is 0 Å². The average Bonchev–Trinajstić information content (AvgIpc) is 3.88. The van der Waals surface area contributed by atoms with Crippen LogP contribution in [0.1, 0.15) is 11.1 Å². The van der Waals surface area contributed by atoms with Crippen LogP contribution in [0.2, 0.25) is 0 Å². The Morgan fingerprint density at radius 1 is 0.327 bits per heavy atom. The molecule has 0 aliphatic heterocycles. The highest BCUT2D eigenvalue weighted by Crippen LogP contribution is 2.39. The molecule has 0 amide bonds. The molecule has 8 aromatic carbocycles. The monoisotopic (exact) mass is 699 g/mol. The Hall–Kier alpha value is -7.86. The van der Waals surface area contributed by atoms with Gasteiger partial charge in [0.1, 0.15) is 6.07 Å². The molecule has 0 radical (unpaired) electrons. The standard InChI is InChI=1S/C50H29N5/c51-30-33-27-36(54-44-16-6-1-11-38(44)39-12-2-7-17-45(39)54)25-26-37(33)32-21-23-35(24-22-32)53-46-18-8-5-15-42(46)43-28-34(31-52)49(29-50(43)53)55-47-19-9-3-13-40(47)41-14-4-10-20-48(41)55/h1-29H. The summed E-state index contributed by atoms with van der Waals surface area (Å²) in [6, 6.07) is 65.8. The number of hydrogen-bond donors (Lipinski definition) is 0. The smallest absolute Gasteiger partial charge is 0.101 e. The molecule has 5 heteroatoms. The van der Waals surface area contributed by atoms with Gasteiger partial charge in [-0.3, -0.25) is 0 Å². The Morgan fingerprint density at radius 2 is 0.745 bits per heavy atom. The molecule has 0 aliphatic carbocycles. The Kier molecular flexibility index (Phi) is 6.61. The molecule has 3 heterocycles. The summed E-state index contributed by atoms with van der Waals surface area (Å²) in [6.45, 7) is 0. The molecule has 0 saturated carbocycles. The summed E-state index contributed by atoms with van der Waals surface area (Å²) in [5, 5.41) is 27.8. The van der Waals surface area contributed by atoms with Crippen molar-refractivity contribution in [3.05, 3.63) is 187 Å². The average molecular weight is 700 g/mol. The van der Waals surface area contributed by atoms with Crippen molar-refractivity contribution in [2.45, 2.75) is 0 Å². The van der Waals surface area contributed by atoms with Crippen LogP contribution in [0.4, 0.5) is 0 Å². The summed E-state index contributed by atoms with van der Waals surface area (Å²) in [5.41, 5.74) is 12.3. The molecule has 5 nitrogen and oxygen atoms in total. The molecular weight excluding hydrogens is 671 g/mol. The van der Waals surface area contributed by atoms with Crippen LogP contribution < -0.4 is 0 Å². The van der Waals surface area contributed by atoms with E-state index in [1.165, 1.54) is 10.8 Å². The fourth-order valence-corrected chi connectivity index (χ4v) is 8.75. The van der Waals surface area contributed by atoms with E-state index >= 15 is 0 Å². The maximum absolute atomic E-state index is 10.6. The first-order valence-corrected chi connectivity index (χ1v) is 18.3. The summed E-state index contributed by atoms with van der Waals surface area (Å²) in [7, 11) is 0. The quantitative estimate of drug-likeness (QED) is 0.184. The molecule has 254 valence electrons. The minimum absolute atomic E-state index is 0.615. The van der Waals surface area contributed by atoms with E-state index in [2.05, 4.69) is 190 Å². The SMILES string of the molecule is N#Cc1cc(-n2c3ccccc3c3ccccc32)ccc1-c1ccc(-n2c3ccccc3c3cc(C#N)c(-n4c5ccccc5c5ccccc54)cc32)cc1. The van der Waals surface area contributed by atoms with Crippen molar-refractivity contribution in [1.82, 2.24) is 13.7 Å². The normalized spacial score (nSPS) is 11.6. The van der Waals surface area contributed by atoms with E-state index < -0.39 is 0 Å². The minimum Gasteiger partial charge on any atom is -0.309 e. The zero-order chi connectivity index (χ0) is 36.6. The van der Waals surface area contributed by atoms with Gasteiger partial charge in [0.2, 0.25) is 0 Å². The Bertz CT molecular complexity index is 3350. The summed E-state index contributed by atoms with van der Waals surface area (Å²) in [5.74, 6) is 0. The fraction of sp³-hybridized carbons (Fsp3) is 0. The highest BCUT2D eigenvalue weighted by molar-refractivity contribution is 6.13. The first-order valence-electron chi connectivity index (χ1n) is 18.3. The van der Waals surface area contributed by atoms with E-state index in [9.17, 15) is 10.5 Å². The number of rotatable bonds is 4. The molecule has 0 unspecified atom stereocenters. The predicted octanol–water partition coefficient (Wildman–Crippen LogP) is 12.4. The number of fused-ring (bicyclic) bond motifs is 9. The van der Waals surface area contributed by atoms with E-state index in [0.29, 0.717) is 11.1 Å². The Labute approximate surface area is 316 Å². The molecule has 0 atom stereocenters. The van der Waals surface area contributed by atoms with Gasteiger partial charge in [0, 0.05) is 43.7 Å². The number of nitriles is 2. The van der Waals surface area contributed by atoms with Gasteiger partial charge in [0.05, 0.1) is 56.0 Å². The van der Waals surface area contributed by atoms with Gasteiger partial charge >= 0.3 is 0 Å². The lowest BCUT2D eigenvalue weighted by Gasteiger charge is -2.14. The van der Waals surface area contributed by atoms with Crippen LogP contribution in [-0.2, 0) is 0 Å². The van der Waals surface area contributed by atoms with Crippen molar-refractivity contribution in [3.8, 4) is 40.3 Å². The molecule has 55 heavy (non-hydrogen) atoms. The van der Waals surface area contributed by atoms with Gasteiger partial charge in [-0.2, -0.15) is 10.5 Å². The van der Waals surface area contributed by atoms with Gasteiger partial charge in [0.15, 0.2) is 0 Å².